The molecule has 0 aliphatic heterocycles. The highest BCUT2D eigenvalue weighted by Crippen LogP contribution is 2.20. The highest BCUT2D eigenvalue weighted by atomic mass is 32.1. The number of thiophene rings is 1. The minimum atomic E-state index is -0.135. The van der Waals surface area contributed by atoms with Crippen molar-refractivity contribution < 1.29 is 14.1 Å². The lowest BCUT2D eigenvalue weighted by Gasteiger charge is -2.09. The largest absolute Gasteiger partial charge is 0.489 e. The third-order valence-electron chi connectivity index (χ3n) is 4.06. The Morgan fingerprint density at radius 1 is 1.21 bits per heavy atom. The lowest BCUT2D eigenvalue weighted by atomic mass is 10.2. The van der Waals surface area contributed by atoms with Crippen molar-refractivity contribution in [2.24, 2.45) is 0 Å². The first-order chi connectivity index (χ1) is 14.3. The normalized spacial score (nSPS) is 10.6. The summed E-state index contributed by atoms with van der Waals surface area (Å²) in [6, 6.07) is 13.0. The van der Waals surface area contributed by atoms with Crippen molar-refractivity contribution in [3.8, 4) is 17.1 Å². The second kappa shape index (κ2) is 9.11. The van der Waals surface area contributed by atoms with E-state index in [1.54, 1.807) is 29.8 Å². The Morgan fingerprint density at radius 3 is 3.00 bits per heavy atom. The number of anilines is 1. The van der Waals surface area contributed by atoms with Gasteiger partial charge in [0.15, 0.2) is 0 Å². The number of carbonyl (C=O) groups is 1. The maximum absolute atomic E-state index is 12.3. The molecule has 7 nitrogen and oxygen atoms in total. The molecule has 0 aliphatic rings. The van der Waals surface area contributed by atoms with Gasteiger partial charge in [0, 0.05) is 53.5 Å². The standard InChI is InChI=1S/C21H18N4O3S/c26-19(6-7-20-24-21(25-28-20)16-8-10-29-14-16)23-17-4-1-5-18(11-17)27-13-15-3-2-9-22-12-15/h1-5,8-12,14H,6-7,13H2,(H,23,26). The topological polar surface area (TPSA) is 90.1 Å². The van der Waals surface area contributed by atoms with Crippen LogP contribution in [0, 0.1) is 0 Å². The van der Waals surface area contributed by atoms with Crippen molar-refractivity contribution in [1.82, 2.24) is 15.1 Å². The van der Waals surface area contributed by atoms with Crippen molar-refractivity contribution in [3.63, 3.8) is 0 Å². The average Bonchev–Trinajstić information content (AvgIpc) is 3.44. The van der Waals surface area contributed by atoms with Crippen LogP contribution in [-0.4, -0.2) is 21.0 Å². The third kappa shape index (κ3) is 5.26. The smallest absolute Gasteiger partial charge is 0.227 e. The van der Waals surface area contributed by atoms with Gasteiger partial charge in [-0.1, -0.05) is 17.3 Å². The molecular formula is C21H18N4O3S. The van der Waals surface area contributed by atoms with Crippen molar-refractivity contribution in [3.05, 3.63) is 77.1 Å². The van der Waals surface area contributed by atoms with Crippen molar-refractivity contribution >= 4 is 22.9 Å². The predicted molar refractivity (Wildman–Crippen MR) is 110 cm³/mol. The Balaban J connectivity index is 1.28. The van der Waals surface area contributed by atoms with Gasteiger partial charge in [-0.25, -0.2) is 0 Å². The highest BCUT2D eigenvalue weighted by Gasteiger charge is 2.11. The van der Waals surface area contributed by atoms with Gasteiger partial charge in [-0.15, -0.1) is 0 Å². The summed E-state index contributed by atoms with van der Waals surface area (Å²) in [5.74, 6) is 1.52. The second-order valence-electron chi connectivity index (χ2n) is 6.25. The maximum atomic E-state index is 12.3. The molecule has 0 atom stereocenters. The van der Waals surface area contributed by atoms with Gasteiger partial charge in [0.2, 0.25) is 17.6 Å². The van der Waals surface area contributed by atoms with Crippen molar-refractivity contribution in [1.29, 1.82) is 0 Å². The summed E-state index contributed by atoms with van der Waals surface area (Å²) in [4.78, 5) is 20.6. The SMILES string of the molecule is O=C(CCc1nc(-c2ccsc2)no1)Nc1cccc(OCc2cccnc2)c1. The number of hydrogen-bond donors (Lipinski definition) is 1. The van der Waals surface area contributed by atoms with Crippen molar-refractivity contribution in [2.45, 2.75) is 19.4 Å². The first-order valence-electron chi connectivity index (χ1n) is 9.03. The molecule has 0 saturated carbocycles. The lowest BCUT2D eigenvalue weighted by Crippen LogP contribution is -2.12. The molecule has 146 valence electrons. The van der Waals surface area contributed by atoms with Crippen LogP contribution in [0.2, 0.25) is 0 Å². The number of rotatable bonds is 8. The van der Waals surface area contributed by atoms with Crippen molar-refractivity contribution in [2.75, 3.05) is 5.32 Å². The number of amides is 1. The minimum absolute atomic E-state index is 0.135. The van der Waals surface area contributed by atoms with Gasteiger partial charge in [0.25, 0.3) is 0 Å². The summed E-state index contributed by atoms with van der Waals surface area (Å²) in [6.07, 6.45) is 4.09. The summed E-state index contributed by atoms with van der Waals surface area (Å²) in [5, 5.41) is 10.7. The Bertz CT molecular complexity index is 1060. The molecule has 3 heterocycles. The average molecular weight is 406 g/mol. The molecule has 4 aromatic rings. The molecule has 0 bridgehead atoms. The molecule has 0 saturated heterocycles. The number of carbonyl (C=O) groups excluding carboxylic acids is 1. The molecule has 0 fully saturated rings. The van der Waals surface area contributed by atoms with E-state index in [9.17, 15) is 4.79 Å². The number of hydrogen-bond acceptors (Lipinski definition) is 7. The summed E-state index contributed by atoms with van der Waals surface area (Å²) in [7, 11) is 0. The number of nitrogens with zero attached hydrogens (tertiary/aromatic N) is 3. The fraction of sp³-hybridized carbons (Fsp3) is 0.143. The molecule has 1 aromatic carbocycles. The van der Waals surface area contributed by atoms with E-state index in [-0.39, 0.29) is 12.3 Å². The predicted octanol–water partition coefficient (Wildman–Crippen LogP) is 4.34. The maximum Gasteiger partial charge on any atom is 0.227 e. The Hall–Kier alpha value is -3.52. The minimum Gasteiger partial charge on any atom is -0.489 e. The van der Waals surface area contributed by atoms with Crippen LogP contribution in [0.3, 0.4) is 0 Å². The number of ether oxygens (including phenoxy) is 1. The molecule has 8 heteroatoms. The second-order valence-corrected chi connectivity index (χ2v) is 7.03. The van der Waals surface area contributed by atoms with Crippen LogP contribution < -0.4 is 10.1 Å². The van der Waals surface area contributed by atoms with Gasteiger partial charge in [0.05, 0.1) is 0 Å². The first-order valence-corrected chi connectivity index (χ1v) is 9.97. The monoisotopic (exact) mass is 406 g/mol. The Kier molecular flexibility index (Phi) is 5.92. The number of pyridine rings is 1. The van der Waals surface area contributed by atoms with E-state index in [0.29, 0.717) is 36.2 Å². The van der Waals surface area contributed by atoms with Gasteiger partial charge in [-0.05, 0) is 29.6 Å². The number of aromatic nitrogens is 3. The number of aryl methyl sites for hydroxylation is 1. The number of nitrogens with one attached hydrogen (secondary N) is 1. The summed E-state index contributed by atoms with van der Waals surface area (Å²) in [5.41, 5.74) is 2.56. The van der Waals surface area contributed by atoms with Crippen LogP contribution in [0.5, 0.6) is 5.75 Å². The van der Waals surface area contributed by atoms with E-state index in [1.165, 1.54) is 0 Å². The zero-order valence-electron chi connectivity index (χ0n) is 15.4. The third-order valence-corrected chi connectivity index (χ3v) is 4.74. The van der Waals surface area contributed by atoms with E-state index >= 15 is 0 Å². The molecule has 29 heavy (non-hydrogen) atoms. The molecule has 0 spiro atoms. The van der Waals surface area contributed by atoms with E-state index < -0.39 is 0 Å². The van der Waals surface area contributed by atoms with Gasteiger partial charge in [-0.3, -0.25) is 9.78 Å². The molecular weight excluding hydrogens is 388 g/mol. The Labute approximate surface area is 171 Å². The molecule has 0 radical (unpaired) electrons. The molecule has 0 unspecified atom stereocenters. The van der Waals surface area contributed by atoms with E-state index in [0.717, 1.165) is 11.1 Å². The van der Waals surface area contributed by atoms with E-state index in [2.05, 4.69) is 20.4 Å². The summed E-state index contributed by atoms with van der Waals surface area (Å²) in [6.45, 7) is 0.412. The molecule has 1 amide bonds. The first kappa shape index (κ1) is 18.8. The van der Waals surface area contributed by atoms with Gasteiger partial charge >= 0.3 is 0 Å². The van der Waals surface area contributed by atoms with Crippen LogP contribution in [0.4, 0.5) is 5.69 Å². The van der Waals surface area contributed by atoms with Crippen LogP contribution in [0.25, 0.3) is 11.4 Å². The van der Waals surface area contributed by atoms with Gasteiger partial charge in [-0.2, -0.15) is 16.3 Å². The van der Waals surface area contributed by atoms with Crippen LogP contribution in [-0.2, 0) is 17.8 Å². The van der Waals surface area contributed by atoms with Crippen LogP contribution >= 0.6 is 11.3 Å². The van der Waals surface area contributed by atoms with Gasteiger partial charge < -0.3 is 14.6 Å². The van der Waals surface area contributed by atoms with Crippen LogP contribution in [0.15, 0.2) is 70.1 Å². The molecule has 3 aromatic heterocycles. The molecule has 0 aliphatic carbocycles. The lowest BCUT2D eigenvalue weighted by molar-refractivity contribution is -0.116. The van der Waals surface area contributed by atoms with Gasteiger partial charge in [0.1, 0.15) is 12.4 Å². The quantitative estimate of drug-likeness (QED) is 0.468. The fourth-order valence-corrected chi connectivity index (χ4v) is 3.26. The van der Waals surface area contributed by atoms with E-state index in [4.69, 9.17) is 9.26 Å². The summed E-state index contributed by atoms with van der Waals surface area (Å²) < 4.78 is 11.0. The van der Waals surface area contributed by atoms with E-state index in [1.807, 2.05) is 47.2 Å². The fourth-order valence-electron chi connectivity index (χ4n) is 2.62. The summed E-state index contributed by atoms with van der Waals surface area (Å²) >= 11 is 1.57. The highest BCUT2D eigenvalue weighted by molar-refractivity contribution is 7.08. The Morgan fingerprint density at radius 2 is 2.17 bits per heavy atom. The zero-order chi connectivity index (χ0) is 19.9. The zero-order valence-corrected chi connectivity index (χ0v) is 16.3. The number of benzene rings is 1. The molecule has 4 rings (SSSR count). The molecule has 1 N–H and O–H groups in total. The van der Waals surface area contributed by atoms with Crippen LogP contribution in [0.1, 0.15) is 17.9 Å².